The van der Waals surface area contributed by atoms with Crippen molar-refractivity contribution in [1.29, 1.82) is 0 Å². The normalized spacial score (nSPS) is 54.6. The van der Waals surface area contributed by atoms with Gasteiger partial charge >= 0.3 is 0 Å². The Hall–Kier alpha value is -0.820. The largest absolute Gasteiger partial charge is 0.394 e. The van der Waals surface area contributed by atoms with Gasteiger partial charge in [0.05, 0.1) is 43.7 Å². The van der Waals surface area contributed by atoms with E-state index in [0.29, 0.717) is 11.8 Å². The summed E-state index contributed by atoms with van der Waals surface area (Å²) in [6, 6.07) is 0. The lowest BCUT2D eigenvalue weighted by molar-refractivity contribution is -0.315. The molecule has 3 aliphatic heterocycles. The van der Waals surface area contributed by atoms with Crippen LogP contribution >= 0.6 is 0 Å². The van der Waals surface area contributed by atoms with E-state index in [4.69, 9.17) is 23.7 Å². The van der Waals surface area contributed by atoms with Crippen molar-refractivity contribution in [3.63, 3.8) is 0 Å². The van der Waals surface area contributed by atoms with Gasteiger partial charge in [-0.1, -0.05) is 45.8 Å². The molecule has 0 unspecified atom stereocenters. The van der Waals surface area contributed by atoms with E-state index in [9.17, 15) is 46.0 Å². The number of aliphatic hydroxyl groups is 9. The van der Waals surface area contributed by atoms with Gasteiger partial charge in [0.2, 0.25) is 0 Å². The van der Waals surface area contributed by atoms with Crippen molar-refractivity contribution in [1.82, 2.24) is 0 Å². The molecular formula is C41H68O14. The second-order valence-corrected chi connectivity index (χ2v) is 19.0. The number of hydrogen-bond donors (Lipinski definition) is 9. The molecule has 0 aromatic heterocycles. The Bertz CT molecular complexity index is 1360. The zero-order chi connectivity index (χ0) is 39.8. The third-order valence-electron chi connectivity index (χ3n) is 16.1. The van der Waals surface area contributed by atoms with E-state index in [1.54, 1.807) is 0 Å². The lowest BCUT2D eigenvalue weighted by Gasteiger charge is -2.58. The van der Waals surface area contributed by atoms with Crippen LogP contribution in [0.5, 0.6) is 0 Å². The maximum Gasteiger partial charge on any atom is 0.186 e. The molecule has 0 radical (unpaired) electrons. The first-order chi connectivity index (χ1) is 26.0. The number of ether oxygens (including phenoxy) is 5. The topological polar surface area (TPSA) is 228 Å². The van der Waals surface area contributed by atoms with Gasteiger partial charge in [0.15, 0.2) is 12.6 Å². The SMILES string of the molecule is CC[C@H]1C[C@H]([C@@H](C)[C@H]2[C@@H](O)C[C@H]3C4=CC[C@@H]5C[C@H](O[C@@H]6O[C@H](CO)[C@@H](O)[C@H](O)[C@H]6O)CC[C@]5(C)[C@H]4CC[C@]23C)O[C@]1(C)CO[C@@H]1O[C@H](CO)[C@@H](O)[C@H](O)[C@H]1O. The van der Waals surface area contributed by atoms with Crippen LogP contribution in [-0.2, 0) is 23.7 Å². The Kier molecular flexibility index (Phi) is 12.3. The summed E-state index contributed by atoms with van der Waals surface area (Å²) < 4.78 is 30.4. The fraction of sp³-hybridized carbons (Fsp3) is 0.951. The summed E-state index contributed by atoms with van der Waals surface area (Å²) in [7, 11) is 0. The molecule has 6 fully saturated rings. The van der Waals surface area contributed by atoms with Crippen LogP contribution in [0.25, 0.3) is 0 Å². The van der Waals surface area contributed by atoms with Crippen LogP contribution in [0.15, 0.2) is 11.6 Å². The highest BCUT2D eigenvalue weighted by Crippen LogP contribution is 2.67. The fourth-order valence-electron chi connectivity index (χ4n) is 12.7. The third kappa shape index (κ3) is 7.19. The summed E-state index contributed by atoms with van der Waals surface area (Å²) in [6.07, 6.45) is -3.71. The van der Waals surface area contributed by atoms with Gasteiger partial charge in [-0.05, 0) is 105 Å². The van der Waals surface area contributed by atoms with Gasteiger partial charge in [0.1, 0.15) is 48.8 Å². The van der Waals surface area contributed by atoms with Gasteiger partial charge in [0, 0.05) is 0 Å². The first-order valence-corrected chi connectivity index (χ1v) is 20.9. The average Bonchev–Trinajstić information content (AvgIpc) is 3.65. The van der Waals surface area contributed by atoms with Crippen molar-refractivity contribution in [3.8, 4) is 0 Å². The lowest BCUT2D eigenvalue weighted by Crippen LogP contribution is -2.60. The molecule has 3 heterocycles. The zero-order valence-electron chi connectivity index (χ0n) is 33.1. The molecule has 7 aliphatic rings. The molecule has 9 N–H and O–H groups in total. The van der Waals surface area contributed by atoms with Gasteiger partial charge in [-0.15, -0.1) is 0 Å². The molecular weight excluding hydrogens is 716 g/mol. The Balaban J connectivity index is 1.01. The van der Waals surface area contributed by atoms with Gasteiger partial charge in [-0.25, -0.2) is 0 Å². The van der Waals surface area contributed by atoms with Crippen molar-refractivity contribution >= 4 is 0 Å². The van der Waals surface area contributed by atoms with E-state index < -0.39 is 86.3 Å². The molecule has 0 spiro atoms. The van der Waals surface area contributed by atoms with Gasteiger partial charge < -0.3 is 69.6 Å². The monoisotopic (exact) mass is 784 g/mol. The second kappa shape index (κ2) is 16.0. The third-order valence-corrected chi connectivity index (χ3v) is 16.1. The summed E-state index contributed by atoms with van der Waals surface area (Å²) in [5.41, 5.74) is 0.728. The predicted octanol–water partition coefficient (Wildman–Crippen LogP) is 0.748. The lowest BCUT2D eigenvalue weighted by atomic mass is 9.47. The van der Waals surface area contributed by atoms with Crippen LogP contribution in [0.1, 0.15) is 92.4 Å². The smallest absolute Gasteiger partial charge is 0.186 e. The minimum Gasteiger partial charge on any atom is -0.394 e. The number of rotatable bonds is 10. The molecule has 0 aromatic rings. The quantitative estimate of drug-likeness (QED) is 0.139. The average molecular weight is 785 g/mol. The Morgan fingerprint density at radius 1 is 0.764 bits per heavy atom. The highest BCUT2D eigenvalue weighted by Gasteiger charge is 2.63. The molecule has 3 saturated heterocycles. The van der Waals surface area contributed by atoms with Gasteiger partial charge in [-0.3, -0.25) is 0 Å². The van der Waals surface area contributed by atoms with Crippen molar-refractivity contribution in [3.05, 3.63) is 11.6 Å². The summed E-state index contributed by atoms with van der Waals surface area (Å²) in [5.74, 6) is 1.25. The van der Waals surface area contributed by atoms with Crippen LogP contribution < -0.4 is 0 Å². The molecule has 316 valence electrons. The maximum absolute atomic E-state index is 11.9. The van der Waals surface area contributed by atoms with Crippen LogP contribution in [0.2, 0.25) is 0 Å². The molecule has 0 bridgehead atoms. The van der Waals surface area contributed by atoms with E-state index in [1.165, 1.54) is 5.57 Å². The minimum absolute atomic E-state index is 0.0313. The van der Waals surface area contributed by atoms with E-state index >= 15 is 0 Å². The standard InChI is InChI=1S/C41H68O14/c1-6-20-14-27(55-41(20,5)18-51-37-35(49)33(47)31(45)28(16-42)53-37)19(2)30-26(44)15-25-23-8-7-21-13-22(9-11-39(21,3)24(23)10-12-40(25,30)4)52-38-36(50)34(48)32(46)29(17-43)54-38/h8,19-22,24-38,42-50H,6-7,9-18H2,1-5H3/t19-,20+,21-,22-,24+,25+,26+,27-,28-,29-,30+,31-,32-,33+,34+,35-,36-,37-,38-,39+,40+,41-/m1/s1. The van der Waals surface area contributed by atoms with Crippen LogP contribution in [-0.4, -0.2) is 151 Å². The Morgan fingerprint density at radius 3 is 2.02 bits per heavy atom. The summed E-state index contributed by atoms with van der Waals surface area (Å²) in [6.45, 7) is 10.2. The summed E-state index contributed by atoms with van der Waals surface area (Å²) in [5, 5.41) is 93.3. The van der Waals surface area contributed by atoms with E-state index in [1.807, 2.05) is 6.92 Å². The number of allylic oxidation sites excluding steroid dienone is 2. The zero-order valence-corrected chi connectivity index (χ0v) is 33.1. The van der Waals surface area contributed by atoms with Gasteiger partial charge in [0.25, 0.3) is 0 Å². The molecule has 55 heavy (non-hydrogen) atoms. The molecule has 22 atom stereocenters. The van der Waals surface area contributed by atoms with E-state index in [2.05, 4.69) is 33.8 Å². The number of aliphatic hydroxyl groups excluding tert-OH is 9. The highest BCUT2D eigenvalue weighted by molar-refractivity contribution is 5.29. The molecule has 0 amide bonds. The van der Waals surface area contributed by atoms with E-state index in [0.717, 1.165) is 57.8 Å². The molecule has 4 aliphatic carbocycles. The predicted molar refractivity (Wildman–Crippen MR) is 196 cm³/mol. The fourth-order valence-corrected chi connectivity index (χ4v) is 12.7. The second-order valence-electron chi connectivity index (χ2n) is 19.0. The van der Waals surface area contributed by atoms with Crippen molar-refractivity contribution in [2.45, 2.75) is 178 Å². The maximum atomic E-state index is 11.9. The minimum atomic E-state index is -1.52. The first kappa shape index (κ1) is 42.3. The Labute approximate surface area is 324 Å². The van der Waals surface area contributed by atoms with Crippen molar-refractivity contribution < 1.29 is 69.6 Å². The number of hydrogen-bond acceptors (Lipinski definition) is 14. The first-order valence-electron chi connectivity index (χ1n) is 20.9. The Morgan fingerprint density at radius 2 is 1.38 bits per heavy atom. The summed E-state index contributed by atoms with van der Waals surface area (Å²) >= 11 is 0. The van der Waals surface area contributed by atoms with Crippen molar-refractivity contribution in [2.24, 2.45) is 46.3 Å². The number of fused-ring (bicyclic) bond motifs is 5. The molecule has 14 heteroatoms. The molecule has 0 aromatic carbocycles. The molecule has 3 saturated carbocycles. The summed E-state index contributed by atoms with van der Waals surface area (Å²) in [4.78, 5) is 0. The van der Waals surface area contributed by atoms with Crippen LogP contribution in [0.3, 0.4) is 0 Å². The van der Waals surface area contributed by atoms with Crippen LogP contribution in [0.4, 0.5) is 0 Å². The van der Waals surface area contributed by atoms with Crippen molar-refractivity contribution in [2.75, 3.05) is 19.8 Å². The van der Waals surface area contributed by atoms with Gasteiger partial charge in [-0.2, -0.15) is 0 Å². The van der Waals surface area contributed by atoms with Crippen LogP contribution in [0, 0.1) is 46.3 Å². The highest BCUT2D eigenvalue weighted by atomic mass is 16.7. The molecule has 7 rings (SSSR count). The van der Waals surface area contributed by atoms with E-state index in [-0.39, 0.29) is 53.3 Å². The molecule has 14 nitrogen and oxygen atoms in total.